The second kappa shape index (κ2) is 9.86. The summed E-state index contributed by atoms with van der Waals surface area (Å²) in [6.07, 6.45) is 2.99. The minimum absolute atomic E-state index is 0.0971. The van der Waals surface area contributed by atoms with E-state index in [2.05, 4.69) is 20.5 Å². The third-order valence-electron chi connectivity index (χ3n) is 5.08. The lowest BCUT2D eigenvalue weighted by Crippen LogP contribution is -2.38. The number of hydrogen-bond acceptors (Lipinski definition) is 5. The van der Waals surface area contributed by atoms with Crippen LogP contribution in [0.25, 0.3) is 0 Å². The molecule has 2 aromatic rings. The van der Waals surface area contributed by atoms with Crippen LogP contribution in [0, 0.1) is 0 Å². The van der Waals surface area contributed by atoms with E-state index in [4.69, 9.17) is 4.74 Å². The first-order valence-corrected chi connectivity index (χ1v) is 9.84. The number of aromatic amines is 1. The number of aromatic nitrogens is 3. The Labute approximate surface area is 170 Å². The second-order valence-corrected chi connectivity index (χ2v) is 7.09. The molecule has 8 heteroatoms. The first kappa shape index (κ1) is 20.6. The van der Waals surface area contributed by atoms with Gasteiger partial charge >= 0.3 is 6.09 Å². The molecule has 0 bridgehead atoms. The lowest BCUT2D eigenvalue weighted by molar-refractivity contribution is -0.128. The standard InChI is InChI=1S/C21H27N5O3/c1-3-15(2)20(27)26-11-9-17(10-12-26)19-23-18(24-25-19)13-22-21(28)29-14-16-7-5-4-6-8-16/h3-8,17H,9-14H2,1-2H3,(H,22,28)(H,23,24,25). The number of likely N-dealkylation sites (tertiary alicyclic amines) is 1. The Morgan fingerprint density at radius 1 is 1.28 bits per heavy atom. The van der Waals surface area contributed by atoms with Crippen molar-refractivity contribution in [3.05, 3.63) is 59.2 Å². The zero-order valence-electron chi connectivity index (χ0n) is 16.9. The molecule has 154 valence electrons. The van der Waals surface area contributed by atoms with E-state index < -0.39 is 6.09 Å². The van der Waals surface area contributed by atoms with Crippen molar-refractivity contribution in [2.75, 3.05) is 13.1 Å². The van der Waals surface area contributed by atoms with E-state index in [1.807, 2.05) is 55.2 Å². The monoisotopic (exact) mass is 397 g/mol. The van der Waals surface area contributed by atoms with Crippen LogP contribution in [0.4, 0.5) is 4.79 Å². The fourth-order valence-electron chi connectivity index (χ4n) is 3.22. The summed E-state index contributed by atoms with van der Waals surface area (Å²) in [7, 11) is 0. The normalized spacial score (nSPS) is 15.2. The van der Waals surface area contributed by atoms with Crippen LogP contribution in [-0.4, -0.2) is 45.2 Å². The van der Waals surface area contributed by atoms with Crippen molar-refractivity contribution in [1.82, 2.24) is 25.4 Å². The molecule has 0 aliphatic carbocycles. The third-order valence-corrected chi connectivity index (χ3v) is 5.08. The molecule has 1 aliphatic rings. The molecule has 0 radical (unpaired) electrons. The van der Waals surface area contributed by atoms with Crippen LogP contribution < -0.4 is 5.32 Å². The van der Waals surface area contributed by atoms with Gasteiger partial charge in [0.2, 0.25) is 5.91 Å². The van der Waals surface area contributed by atoms with Crippen LogP contribution in [-0.2, 0) is 22.7 Å². The Morgan fingerprint density at radius 3 is 2.69 bits per heavy atom. The number of nitrogens with one attached hydrogen (secondary N) is 2. The summed E-state index contributed by atoms with van der Waals surface area (Å²) >= 11 is 0. The van der Waals surface area contributed by atoms with Crippen LogP contribution in [0.1, 0.15) is 49.8 Å². The lowest BCUT2D eigenvalue weighted by Gasteiger charge is -2.31. The number of ether oxygens (including phenoxy) is 1. The maximum atomic E-state index is 12.2. The predicted molar refractivity (Wildman–Crippen MR) is 108 cm³/mol. The van der Waals surface area contributed by atoms with E-state index >= 15 is 0 Å². The number of H-pyrrole nitrogens is 1. The van der Waals surface area contributed by atoms with E-state index in [1.54, 1.807) is 0 Å². The van der Waals surface area contributed by atoms with Crippen molar-refractivity contribution in [2.24, 2.45) is 0 Å². The minimum atomic E-state index is -0.502. The zero-order valence-corrected chi connectivity index (χ0v) is 16.9. The number of carbonyl (C=O) groups is 2. The molecule has 29 heavy (non-hydrogen) atoms. The molecule has 0 spiro atoms. The lowest BCUT2D eigenvalue weighted by atomic mass is 9.95. The van der Waals surface area contributed by atoms with Crippen molar-refractivity contribution in [1.29, 1.82) is 0 Å². The molecule has 2 amide bonds. The van der Waals surface area contributed by atoms with Gasteiger partial charge in [-0.25, -0.2) is 9.78 Å². The first-order valence-electron chi connectivity index (χ1n) is 9.84. The van der Waals surface area contributed by atoms with Gasteiger partial charge in [-0.15, -0.1) is 0 Å². The molecular weight excluding hydrogens is 370 g/mol. The summed E-state index contributed by atoms with van der Waals surface area (Å²) in [5.74, 6) is 1.62. The summed E-state index contributed by atoms with van der Waals surface area (Å²) in [5, 5.41) is 9.83. The molecular formula is C21H27N5O3. The van der Waals surface area contributed by atoms with Gasteiger partial charge in [-0.1, -0.05) is 36.4 Å². The number of hydrogen-bond donors (Lipinski definition) is 2. The quantitative estimate of drug-likeness (QED) is 0.730. The molecule has 0 unspecified atom stereocenters. The number of piperidine rings is 1. The first-order chi connectivity index (χ1) is 14.1. The summed E-state index contributed by atoms with van der Waals surface area (Å²) in [6, 6.07) is 9.50. The molecule has 1 aromatic carbocycles. The Bertz CT molecular complexity index is 854. The van der Waals surface area contributed by atoms with Gasteiger partial charge in [0.25, 0.3) is 0 Å². The molecule has 1 aromatic heterocycles. The average Bonchev–Trinajstić information content (AvgIpc) is 3.25. The molecule has 1 fully saturated rings. The highest BCUT2D eigenvalue weighted by Crippen LogP contribution is 2.26. The molecule has 1 aliphatic heterocycles. The highest BCUT2D eigenvalue weighted by molar-refractivity contribution is 5.92. The minimum Gasteiger partial charge on any atom is -0.445 e. The average molecular weight is 397 g/mol. The van der Waals surface area contributed by atoms with Crippen LogP contribution in [0.15, 0.2) is 42.0 Å². The number of allylic oxidation sites excluding steroid dienone is 1. The van der Waals surface area contributed by atoms with Gasteiger partial charge < -0.3 is 15.0 Å². The predicted octanol–water partition coefficient (Wildman–Crippen LogP) is 2.90. The molecule has 2 N–H and O–H groups in total. The summed E-state index contributed by atoms with van der Waals surface area (Å²) in [6.45, 7) is 5.55. The SMILES string of the molecule is CC=C(C)C(=O)N1CCC(c2n[nH]c(CNC(=O)OCc3ccccc3)n2)CC1. The van der Waals surface area contributed by atoms with Crippen LogP contribution in [0.5, 0.6) is 0 Å². The van der Waals surface area contributed by atoms with Crippen LogP contribution in [0.3, 0.4) is 0 Å². The highest BCUT2D eigenvalue weighted by Gasteiger charge is 2.26. The Kier molecular flexibility index (Phi) is 6.99. The Morgan fingerprint density at radius 2 is 2.00 bits per heavy atom. The number of carbonyl (C=O) groups excluding carboxylic acids is 2. The van der Waals surface area contributed by atoms with Crippen molar-refractivity contribution >= 4 is 12.0 Å². The van der Waals surface area contributed by atoms with Gasteiger partial charge in [-0.3, -0.25) is 9.89 Å². The van der Waals surface area contributed by atoms with Gasteiger partial charge in [0.05, 0.1) is 6.54 Å². The summed E-state index contributed by atoms with van der Waals surface area (Å²) in [4.78, 5) is 30.5. The number of alkyl carbamates (subject to hydrolysis) is 1. The van der Waals surface area contributed by atoms with Gasteiger partial charge in [-0.05, 0) is 32.3 Å². The van der Waals surface area contributed by atoms with Crippen molar-refractivity contribution in [3.8, 4) is 0 Å². The highest BCUT2D eigenvalue weighted by atomic mass is 16.5. The number of benzene rings is 1. The fourth-order valence-corrected chi connectivity index (χ4v) is 3.22. The van der Waals surface area contributed by atoms with Gasteiger partial charge in [0.15, 0.2) is 5.82 Å². The van der Waals surface area contributed by atoms with Crippen molar-refractivity contribution < 1.29 is 14.3 Å². The largest absolute Gasteiger partial charge is 0.445 e. The topological polar surface area (TPSA) is 100 Å². The number of rotatable bonds is 6. The second-order valence-electron chi connectivity index (χ2n) is 7.09. The van der Waals surface area contributed by atoms with Crippen molar-refractivity contribution in [2.45, 2.75) is 45.8 Å². The maximum Gasteiger partial charge on any atom is 0.407 e. The van der Waals surface area contributed by atoms with Crippen molar-refractivity contribution in [3.63, 3.8) is 0 Å². The van der Waals surface area contributed by atoms with E-state index in [-0.39, 0.29) is 25.0 Å². The van der Waals surface area contributed by atoms with Crippen LogP contribution >= 0.6 is 0 Å². The van der Waals surface area contributed by atoms with E-state index in [0.29, 0.717) is 18.9 Å². The van der Waals surface area contributed by atoms with E-state index in [9.17, 15) is 9.59 Å². The van der Waals surface area contributed by atoms with Gasteiger partial charge in [0.1, 0.15) is 12.4 Å². The van der Waals surface area contributed by atoms with Crippen LogP contribution in [0.2, 0.25) is 0 Å². The molecule has 1 saturated heterocycles. The Hall–Kier alpha value is -3.16. The molecule has 2 heterocycles. The van der Waals surface area contributed by atoms with E-state index in [0.717, 1.165) is 29.8 Å². The Balaban J connectivity index is 1.43. The number of amides is 2. The zero-order chi connectivity index (χ0) is 20.6. The van der Waals surface area contributed by atoms with E-state index in [1.165, 1.54) is 0 Å². The fraction of sp³-hybridized carbons (Fsp3) is 0.429. The van der Waals surface area contributed by atoms with Gasteiger partial charge in [-0.2, -0.15) is 5.10 Å². The third kappa shape index (κ3) is 5.66. The molecule has 8 nitrogen and oxygen atoms in total. The maximum absolute atomic E-state index is 12.2. The summed E-state index contributed by atoms with van der Waals surface area (Å²) < 4.78 is 5.18. The molecule has 3 rings (SSSR count). The smallest absolute Gasteiger partial charge is 0.407 e. The number of nitrogens with zero attached hydrogens (tertiary/aromatic N) is 3. The summed E-state index contributed by atoms with van der Waals surface area (Å²) in [5.41, 5.74) is 1.70. The molecule has 0 saturated carbocycles. The van der Waals surface area contributed by atoms with Gasteiger partial charge in [0, 0.05) is 24.6 Å². The molecule has 0 atom stereocenters.